The lowest BCUT2D eigenvalue weighted by Gasteiger charge is -2.28. The Hall–Kier alpha value is -1.75. The molecule has 21 heavy (non-hydrogen) atoms. The first-order valence-electron chi connectivity index (χ1n) is 6.97. The number of carbonyl (C=O) groups excluding carboxylic acids is 1. The summed E-state index contributed by atoms with van der Waals surface area (Å²) in [5, 5.41) is 9.78. The van der Waals surface area contributed by atoms with Crippen LogP contribution in [0.15, 0.2) is 18.2 Å². The second-order valence-corrected chi connectivity index (χ2v) is 5.99. The number of amides is 1. The first kappa shape index (κ1) is 14.2. The lowest BCUT2D eigenvalue weighted by Crippen LogP contribution is -2.50. The van der Waals surface area contributed by atoms with E-state index in [1.54, 1.807) is 18.2 Å². The first-order valence-corrected chi connectivity index (χ1v) is 7.35. The average molecular weight is 310 g/mol. The predicted octanol–water partition coefficient (Wildman–Crippen LogP) is 2.11. The smallest absolute Gasteiger partial charge is 0.326 e. The quantitative estimate of drug-likeness (QED) is 0.925. The third kappa shape index (κ3) is 2.70. The fourth-order valence-corrected chi connectivity index (χ4v) is 2.87. The number of halogens is 1. The Kier molecular flexibility index (Phi) is 3.53. The Morgan fingerprint density at radius 1 is 1.43 bits per heavy atom. The summed E-state index contributed by atoms with van der Waals surface area (Å²) in [4.78, 5) is 25.3. The van der Waals surface area contributed by atoms with Gasteiger partial charge in [-0.2, -0.15) is 0 Å². The summed E-state index contributed by atoms with van der Waals surface area (Å²) in [5.41, 5.74) is 0.888. The Morgan fingerprint density at radius 3 is 2.76 bits per heavy atom. The summed E-state index contributed by atoms with van der Waals surface area (Å²) < 4.78 is 5.67. The van der Waals surface area contributed by atoms with Crippen LogP contribution in [0.5, 0.6) is 5.75 Å². The van der Waals surface area contributed by atoms with Crippen molar-refractivity contribution in [2.75, 3.05) is 0 Å². The Labute approximate surface area is 127 Å². The molecule has 1 heterocycles. The molecule has 6 heteroatoms. The zero-order valence-electron chi connectivity index (χ0n) is 11.6. The van der Waals surface area contributed by atoms with Crippen molar-refractivity contribution in [2.45, 2.75) is 44.4 Å². The van der Waals surface area contributed by atoms with E-state index in [4.69, 9.17) is 16.3 Å². The van der Waals surface area contributed by atoms with Crippen LogP contribution >= 0.6 is 11.6 Å². The molecule has 0 bridgehead atoms. The van der Waals surface area contributed by atoms with Crippen LogP contribution in [0.1, 0.15) is 25.3 Å². The van der Waals surface area contributed by atoms with Crippen molar-refractivity contribution in [3.05, 3.63) is 28.8 Å². The number of nitrogens with zero attached hydrogens (tertiary/aromatic N) is 1. The zero-order chi connectivity index (χ0) is 15.1. The largest absolute Gasteiger partial charge is 0.480 e. The molecule has 1 aliphatic carbocycles. The molecule has 0 saturated heterocycles. The van der Waals surface area contributed by atoms with E-state index < -0.39 is 18.1 Å². The third-order valence-corrected chi connectivity index (χ3v) is 4.18. The number of benzene rings is 1. The number of fused-ring (bicyclic) bond motifs is 1. The Balaban J connectivity index is 1.78. The minimum absolute atomic E-state index is 0.0273. The number of hydrogen-bond acceptors (Lipinski definition) is 3. The summed E-state index contributed by atoms with van der Waals surface area (Å²) in [6.07, 6.45) is 1.49. The van der Waals surface area contributed by atoms with Crippen molar-refractivity contribution in [1.29, 1.82) is 0 Å². The van der Waals surface area contributed by atoms with E-state index in [1.807, 2.05) is 0 Å². The van der Waals surface area contributed by atoms with Gasteiger partial charge in [0.2, 0.25) is 0 Å². The van der Waals surface area contributed by atoms with E-state index in [2.05, 4.69) is 0 Å². The van der Waals surface area contributed by atoms with Crippen molar-refractivity contribution in [3.8, 4) is 5.75 Å². The molecular weight excluding hydrogens is 294 g/mol. The van der Waals surface area contributed by atoms with Gasteiger partial charge >= 0.3 is 5.97 Å². The number of ether oxygens (including phenoxy) is 1. The molecule has 1 fully saturated rings. The number of hydrogen-bond donors (Lipinski definition) is 1. The van der Waals surface area contributed by atoms with Crippen LogP contribution in [0.25, 0.3) is 0 Å². The van der Waals surface area contributed by atoms with Crippen molar-refractivity contribution < 1.29 is 19.4 Å². The minimum atomic E-state index is -0.992. The summed E-state index contributed by atoms with van der Waals surface area (Å²) in [6.45, 7) is 1.54. The van der Waals surface area contributed by atoms with E-state index in [0.29, 0.717) is 17.2 Å². The molecule has 1 aromatic rings. The van der Waals surface area contributed by atoms with Crippen molar-refractivity contribution in [2.24, 2.45) is 0 Å². The maximum atomic E-state index is 12.6. The van der Waals surface area contributed by atoms with Crippen molar-refractivity contribution >= 4 is 23.5 Å². The SMILES string of the molecule is CC(C(=O)O)N(C(=O)C1Cc2cc(Cl)ccc2O1)C1CC1. The molecule has 0 aromatic heterocycles. The number of aliphatic carboxylic acids is 1. The number of carboxylic acids is 1. The average Bonchev–Trinajstić information content (AvgIpc) is 3.17. The first-order chi connectivity index (χ1) is 9.97. The maximum absolute atomic E-state index is 12.6. The molecule has 1 aliphatic heterocycles. The van der Waals surface area contributed by atoms with Crippen LogP contribution in [-0.4, -0.2) is 40.1 Å². The van der Waals surface area contributed by atoms with Gasteiger partial charge in [0.1, 0.15) is 11.8 Å². The topological polar surface area (TPSA) is 66.8 Å². The van der Waals surface area contributed by atoms with Gasteiger partial charge in [-0.1, -0.05) is 11.6 Å². The van der Waals surface area contributed by atoms with Crippen LogP contribution in [0.3, 0.4) is 0 Å². The predicted molar refractivity (Wildman–Crippen MR) is 76.5 cm³/mol. The molecule has 1 saturated carbocycles. The molecule has 2 atom stereocenters. The molecule has 0 spiro atoms. The fraction of sp³-hybridized carbons (Fsp3) is 0.467. The van der Waals surface area contributed by atoms with Gasteiger partial charge < -0.3 is 14.7 Å². The van der Waals surface area contributed by atoms with E-state index >= 15 is 0 Å². The normalized spacial score (nSPS) is 21.3. The third-order valence-electron chi connectivity index (χ3n) is 3.94. The van der Waals surface area contributed by atoms with E-state index in [1.165, 1.54) is 11.8 Å². The van der Waals surface area contributed by atoms with Gasteiger partial charge in [0.25, 0.3) is 5.91 Å². The van der Waals surface area contributed by atoms with Gasteiger partial charge in [0, 0.05) is 17.5 Å². The maximum Gasteiger partial charge on any atom is 0.326 e. The van der Waals surface area contributed by atoms with Gasteiger partial charge in [0.05, 0.1) is 0 Å². The summed E-state index contributed by atoms with van der Waals surface area (Å²) >= 11 is 5.94. The van der Waals surface area contributed by atoms with Crippen LogP contribution < -0.4 is 4.74 Å². The van der Waals surface area contributed by atoms with Gasteiger partial charge in [-0.25, -0.2) is 4.79 Å². The highest BCUT2D eigenvalue weighted by Crippen LogP contribution is 2.35. The molecular formula is C15H16ClNO4. The standard InChI is InChI=1S/C15H16ClNO4/c1-8(15(19)20)17(11-3-4-11)14(18)13-7-9-6-10(16)2-5-12(9)21-13/h2,5-6,8,11,13H,3-4,7H2,1H3,(H,19,20). The zero-order valence-corrected chi connectivity index (χ0v) is 12.3. The molecule has 3 rings (SSSR count). The van der Waals surface area contributed by atoms with Gasteiger partial charge in [-0.15, -0.1) is 0 Å². The highest BCUT2D eigenvalue weighted by Gasteiger charge is 2.43. The summed E-state index contributed by atoms with van der Waals surface area (Å²) in [5.74, 6) is -0.593. The van der Waals surface area contributed by atoms with E-state index in [9.17, 15) is 14.7 Å². The second kappa shape index (κ2) is 5.22. The van der Waals surface area contributed by atoms with Crippen LogP contribution in [0.4, 0.5) is 0 Å². The molecule has 112 valence electrons. The summed E-state index contributed by atoms with van der Waals surface area (Å²) in [6, 6.07) is 4.44. The lowest BCUT2D eigenvalue weighted by molar-refractivity contribution is -0.153. The van der Waals surface area contributed by atoms with Crippen molar-refractivity contribution in [1.82, 2.24) is 4.90 Å². The van der Waals surface area contributed by atoms with E-state index in [0.717, 1.165) is 18.4 Å². The molecule has 2 aliphatic rings. The highest BCUT2D eigenvalue weighted by molar-refractivity contribution is 6.30. The Morgan fingerprint density at radius 2 is 2.14 bits per heavy atom. The highest BCUT2D eigenvalue weighted by atomic mass is 35.5. The number of carbonyl (C=O) groups is 2. The molecule has 1 amide bonds. The number of carboxylic acid groups (broad SMARTS) is 1. The van der Waals surface area contributed by atoms with E-state index in [-0.39, 0.29) is 11.9 Å². The molecule has 1 aromatic carbocycles. The second-order valence-electron chi connectivity index (χ2n) is 5.55. The molecule has 0 radical (unpaired) electrons. The van der Waals surface area contributed by atoms with Gasteiger partial charge in [-0.05, 0) is 43.5 Å². The molecule has 1 N–H and O–H groups in total. The lowest BCUT2D eigenvalue weighted by atomic mass is 10.1. The van der Waals surface area contributed by atoms with Crippen LogP contribution in [-0.2, 0) is 16.0 Å². The monoisotopic (exact) mass is 309 g/mol. The minimum Gasteiger partial charge on any atom is -0.480 e. The fourth-order valence-electron chi connectivity index (χ4n) is 2.68. The summed E-state index contributed by atoms with van der Waals surface area (Å²) in [7, 11) is 0. The molecule has 5 nitrogen and oxygen atoms in total. The Bertz CT molecular complexity index is 599. The van der Waals surface area contributed by atoms with Crippen LogP contribution in [0.2, 0.25) is 5.02 Å². The molecule has 2 unspecified atom stereocenters. The van der Waals surface area contributed by atoms with Crippen molar-refractivity contribution in [3.63, 3.8) is 0 Å². The van der Waals surface area contributed by atoms with Gasteiger partial charge in [-0.3, -0.25) is 4.79 Å². The van der Waals surface area contributed by atoms with Crippen LogP contribution in [0, 0.1) is 0 Å². The number of rotatable bonds is 4. The van der Waals surface area contributed by atoms with Gasteiger partial charge in [0.15, 0.2) is 6.10 Å².